The molecule has 162 valence electrons. The van der Waals surface area contributed by atoms with Crippen molar-refractivity contribution in [2.45, 2.75) is 78.1 Å². The lowest BCUT2D eigenvalue weighted by molar-refractivity contribution is 0.0938. The van der Waals surface area contributed by atoms with E-state index in [1.54, 1.807) is 6.20 Å². The van der Waals surface area contributed by atoms with Crippen molar-refractivity contribution in [1.82, 2.24) is 15.3 Å². The third-order valence-corrected chi connectivity index (χ3v) is 12.8. The largest absolute Gasteiger partial charge is 0.349 e. The number of rotatable bonds is 8. The average molecular weight is 424 g/mol. The van der Waals surface area contributed by atoms with Gasteiger partial charge in [0.2, 0.25) is 0 Å². The molecule has 1 N–H and O–H groups in total. The minimum absolute atomic E-state index is 0.0620. The summed E-state index contributed by atoms with van der Waals surface area (Å²) in [6, 6.07) is 9.67. The van der Waals surface area contributed by atoms with Crippen LogP contribution in [0.5, 0.6) is 0 Å². The zero-order chi connectivity index (χ0) is 22.5. The van der Waals surface area contributed by atoms with Crippen LogP contribution < -0.4 is 5.32 Å². The van der Waals surface area contributed by atoms with Crippen molar-refractivity contribution in [3.63, 3.8) is 0 Å². The smallest absolute Gasteiger partial charge is 0.270 e. The van der Waals surface area contributed by atoms with Crippen molar-refractivity contribution < 1.29 is 4.79 Å². The molecule has 0 aromatic carbocycles. The van der Waals surface area contributed by atoms with Gasteiger partial charge in [-0.3, -0.25) is 9.78 Å². The zero-order valence-corrected chi connectivity index (χ0v) is 20.7. The van der Waals surface area contributed by atoms with Gasteiger partial charge in [-0.1, -0.05) is 65.5 Å². The summed E-state index contributed by atoms with van der Waals surface area (Å²) >= 11 is 0. The molecule has 0 fully saturated rings. The van der Waals surface area contributed by atoms with Gasteiger partial charge in [-0.15, -0.1) is 0 Å². The van der Waals surface area contributed by atoms with E-state index in [1.165, 1.54) is 0 Å². The van der Waals surface area contributed by atoms with E-state index in [9.17, 15) is 4.79 Å². The maximum atomic E-state index is 12.5. The van der Waals surface area contributed by atoms with E-state index in [2.05, 4.69) is 63.6 Å². The molecule has 0 unspecified atom stereocenters. The number of carbonyl (C=O) groups excluding carboxylic acids is 1. The fourth-order valence-electron chi connectivity index (χ4n) is 4.59. The van der Waals surface area contributed by atoms with E-state index in [4.69, 9.17) is 4.98 Å². The Kier molecular flexibility index (Phi) is 8.13. The first kappa shape index (κ1) is 24.0. The summed E-state index contributed by atoms with van der Waals surface area (Å²) in [6.45, 7) is 18.0. The van der Waals surface area contributed by atoms with Crippen LogP contribution in [0.1, 0.15) is 71.4 Å². The van der Waals surface area contributed by atoms with Gasteiger partial charge in [0.25, 0.3) is 5.91 Å². The van der Waals surface area contributed by atoms with Crippen LogP contribution in [0, 0.1) is 0 Å². The molecule has 0 aliphatic rings. The fraction of sp³-hybridized carbons (Fsp3) is 0.480. The lowest BCUT2D eigenvalue weighted by atomic mass is 10.1. The molecule has 2 heterocycles. The van der Waals surface area contributed by atoms with Gasteiger partial charge in [0.15, 0.2) is 0 Å². The maximum absolute atomic E-state index is 12.5. The molecule has 0 aliphatic carbocycles. The Morgan fingerprint density at radius 3 is 2.07 bits per heavy atom. The Morgan fingerprint density at radius 2 is 1.57 bits per heavy atom. The quantitative estimate of drug-likeness (QED) is 0.492. The molecule has 30 heavy (non-hydrogen) atoms. The van der Waals surface area contributed by atoms with Crippen LogP contribution in [-0.4, -0.2) is 30.0 Å². The fourth-order valence-corrected chi connectivity index (χ4v) is 10.2. The Morgan fingerprint density at radius 1 is 0.933 bits per heavy atom. The highest BCUT2D eigenvalue weighted by molar-refractivity contribution is 6.88. The first-order valence-corrected chi connectivity index (χ1v) is 13.3. The first-order chi connectivity index (χ1) is 14.1. The molecule has 0 saturated carbocycles. The molecule has 0 bridgehead atoms. The summed E-state index contributed by atoms with van der Waals surface area (Å²) in [5, 5.41) is 2.93. The van der Waals surface area contributed by atoms with Gasteiger partial charge in [-0.05, 0) is 48.7 Å². The second kappa shape index (κ2) is 10.2. The Bertz CT molecular complexity index is 851. The predicted molar refractivity (Wildman–Crippen MR) is 130 cm³/mol. The van der Waals surface area contributed by atoms with Crippen LogP contribution >= 0.6 is 0 Å². The lowest BCUT2D eigenvalue weighted by Crippen LogP contribution is -2.42. The normalized spacial score (nSPS) is 12.5. The van der Waals surface area contributed by atoms with Gasteiger partial charge in [-0.2, -0.15) is 0 Å². The van der Waals surface area contributed by atoms with Crippen molar-refractivity contribution >= 4 is 20.1 Å². The highest BCUT2D eigenvalue weighted by Crippen LogP contribution is 2.43. The van der Waals surface area contributed by atoms with Gasteiger partial charge in [0, 0.05) is 17.8 Å². The molecule has 0 spiro atoms. The molecule has 2 rings (SSSR count). The van der Waals surface area contributed by atoms with Crippen LogP contribution in [0.3, 0.4) is 0 Å². The van der Waals surface area contributed by atoms with E-state index in [-0.39, 0.29) is 11.9 Å². The van der Waals surface area contributed by atoms with E-state index < -0.39 is 8.07 Å². The van der Waals surface area contributed by atoms with E-state index in [0.717, 1.165) is 17.0 Å². The van der Waals surface area contributed by atoms with Gasteiger partial charge >= 0.3 is 0 Å². The van der Waals surface area contributed by atoms with Crippen LogP contribution in [0.15, 0.2) is 42.2 Å². The molecular weight excluding hydrogens is 386 g/mol. The number of aromatic nitrogens is 2. The lowest BCUT2D eigenvalue weighted by Gasteiger charge is -2.40. The van der Waals surface area contributed by atoms with Crippen LogP contribution in [0.4, 0.5) is 0 Å². The van der Waals surface area contributed by atoms with Crippen molar-refractivity contribution in [2.24, 2.45) is 0 Å². The molecule has 1 amide bonds. The van der Waals surface area contributed by atoms with E-state index >= 15 is 0 Å². The second-order valence-corrected chi connectivity index (χ2v) is 15.1. The van der Waals surface area contributed by atoms with Gasteiger partial charge in [-0.25, -0.2) is 4.98 Å². The van der Waals surface area contributed by atoms with Crippen molar-refractivity contribution in [2.75, 3.05) is 0 Å². The monoisotopic (exact) mass is 423 g/mol. The minimum Gasteiger partial charge on any atom is -0.349 e. The topological polar surface area (TPSA) is 54.9 Å². The highest BCUT2D eigenvalue weighted by Gasteiger charge is 2.40. The number of hydrogen-bond acceptors (Lipinski definition) is 3. The molecule has 0 aliphatic heterocycles. The van der Waals surface area contributed by atoms with Crippen molar-refractivity contribution in [1.29, 1.82) is 0 Å². The van der Waals surface area contributed by atoms with Gasteiger partial charge in [0.1, 0.15) is 5.69 Å². The number of pyridine rings is 2. The third kappa shape index (κ3) is 5.25. The van der Waals surface area contributed by atoms with Crippen LogP contribution in [-0.2, 0) is 0 Å². The van der Waals surface area contributed by atoms with Crippen molar-refractivity contribution in [3.8, 4) is 11.4 Å². The second-order valence-electron chi connectivity index (χ2n) is 9.27. The summed E-state index contributed by atoms with van der Waals surface area (Å²) < 4.78 is 0. The molecule has 0 saturated heterocycles. The molecule has 4 nitrogen and oxygen atoms in total. The summed E-state index contributed by atoms with van der Waals surface area (Å²) in [4.78, 5) is 21.8. The number of nitrogens with zero attached hydrogens (tertiary/aromatic N) is 2. The van der Waals surface area contributed by atoms with Crippen molar-refractivity contribution in [3.05, 3.63) is 53.5 Å². The molecule has 2 aromatic rings. The molecule has 2 aromatic heterocycles. The summed E-state index contributed by atoms with van der Waals surface area (Å²) in [5.41, 5.74) is 7.35. The third-order valence-electron chi connectivity index (χ3n) is 6.04. The molecule has 5 heteroatoms. The Labute approximate surface area is 183 Å². The van der Waals surface area contributed by atoms with E-state index in [0.29, 0.717) is 22.3 Å². The number of amides is 1. The Hall–Kier alpha value is -2.27. The summed E-state index contributed by atoms with van der Waals surface area (Å²) in [6.07, 6.45) is 3.99. The highest BCUT2D eigenvalue weighted by atomic mass is 28.3. The number of nitrogens with one attached hydrogen (secondary N) is 1. The first-order valence-electron chi connectivity index (χ1n) is 11.0. The summed E-state index contributed by atoms with van der Waals surface area (Å²) in [7, 11) is -1.70. The van der Waals surface area contributed by atoms with E-state index in [1.807, 2.05) is 44.2 Å². The minimum atomic E-state index is -1.70. The summed E-state index contributed by atoms with van der Waals surface area (Å²) in [5.74, 6) is -0.159. The number of carbonyl (C=O) groups is 1. The van der Waals surface area contributed by atoms with Crippen LogP contribution in [0.25, 0.3) is 17.5 Å². The zero-order valence-electron chi connectivity index (χ0n) is 19.7. The standard InChI is InChI=1S/C25H37N3OSi/c1-17(2)27-25(29)23-13-12-21(24(28-23)22-11-9-10-15-26-22)14-16-30(18(3)4,19(5)6)20(7)8/h9-20H,1-8H3,(H,27,29)/b16-14+. The predicted octanol–water partition coefficient (Wildman–Crippen LogP) is 6.51. The SMILES string of the molecule is CC(C)NC(=O)c1ccc(/C=C/[Si](C(C)C)(C(C)C)C(C)C)c(-c2ccccn2)n1. The average Bonchev–Trinajstić information content (AvgIpc) is 2.67. The molecular formula is C25H37N3OSi. The molecule has 0 atom stereocenters. The van der Waals surface area contributed by atoms with Gasteiger partial charge < -0.3 is 5.32 Å². The Balaban J connectivity index is 2.59. The number of hydrogen-bond donors (Lipinski definition) is 1. The van der Waals surface area contributed by atoms with Crippen LogP contribution in [0.2, 0.25) is 16.6 Å². The van der Waals surface area contributed by atoms with Gasteiger partial charge in [0.05, 0.1) is 19.5 Å². The maximum Gasteiger partial charge on any atom is 0.270 e. The molecule has 0 radical (unpaired) electrons.